The first-order valence-electron chi connectivity index (χ1n) is 17.4. The molecule has 2 saturated heterocycles. The van der Waals surface area contributed by atoms with E-state index in [0.29, 0.717) is 24.3 Å². The number of nitrogens with zero attached hydrogens (tertiary/aromatic N) is 2. The van der Waals surface area contributed by atoms with Gasteiger partial charge < -0.3 is 38.6 Å². The van der Waals surface area contributed by atoms with E-state index in [9.17, 15) is 24.3 Å². The molecule has 3 amide bonds. The minimum Gasteiger partial charge on any atom is -0.495 e. The molecule has 0 aromatic heterocycles. The maximum atomic E-state index is 14.1. The van der Waals surface area contributed by atoms with E-state index in [4.69, 9.17) is 35.3 Å². The van der Waals surface area contributed by atoms with Crippen molar-refractivity contribution in [2.45, 2.75) is 114 Å². The van der Waals surface area contributed by atoms with Gasteiger partial charge in [-0.2, -0.15) is 12.6 Å². The number of nitrogens with one attached hydrogen (secondary N) is 1. The molecule has 0 aliphatic carbocycles. The van der Waals surface area contributed by atoms with Gasteiger partial charge in [0.25, 0.3) is 0 Å². The summed E-state index contributed by atoms with van der Waals surface area (Å²) >= 11 is 11.1. The van der Waals surface area contributed by atoms with E-state index in [1.807, 2.05) is 19.9 Å². The highest BCUT2D eigenvalue weighted by atomic mass is 35.5. The van der Waals surface area contributed by atoms with Gasteiger partial charge in [0, 0.05) is 40.0 Å². The predicted octanol–water partition coefficient (Wildman–Crippen LogP) is 4.61. The molecular formula is C37H52ClN3O10S. The summed E-state index contributed by atoms with van der Waals surface area (Å²) in [4.78, 5) is 56.2. The average Bonchev–Trinajstić information content (AvgIpc) is 3.79. The van der Waals surface area contributed by atoms with Gasteiger partial charge in [0.1, 0.15) is 40.7 Å². The van der Waals surface area contributed by atoms with Crippen LogP contribution in [-0.4, -0.2) is 109 Å². The van der Waals surface area contributed by atoms with Crippen LogP contribution in [0.25, 0.3) is 0 Å². The molecule has 3 aliphatic rings. The van der Waals surface area contributed by atoms with Gasteiger partial charge in [0.2, 0.25) is 11.8 Å². The Hall–Kier alpha value is -3.30. The number of alkyl carbamates (subject to hydrolysis) is 1. The van der Waals surface area contributed by atoms with Crippen molar-refractivity contribution in [2.24, 2.45) is 5.92 Å². The molecule has 4 rings (SSSR count). The number of thiol groups is 1. The number of hydrogen-bond donors (Lipinski definition) is 3. The number of aliphatic hydroxyl groups is 1. The molecule has 2 N–H and O–H groups in total. The summed E-state index contributed by atoms with van der Waals surface area (Å²) in [6, 6.07) is 2.61. The normalized spacial score (nSPS) is 32.2. The Balaban J connectivity index is 1.75. The largest absolute Gasteiger partial charge is 0.495 e. The minimum absolute atomic E-state index is 0.00636. The van der Waals surface area contributed by atoms with E-state index in [-0.39, 0.29) is 35.4 Å². The van der Waals surface area contributed by atoms with Crippen LogP contribution in [0.2, 0.25) is 5.02 Å². The summed E-state index contributed by atoms with van der Waals surface area (Å²) in [6.07, 6.45) is 1.69. The number of epoxide rings is 1. The van der Waals surface area contributed by atoms with Crippen LogP contribution in [0.1, 0.15) is 65.9 Å². The van der Waals surface area contributed by atoms with Crippen molar-refractivity contribution in [1.29, 1.82) is 0 Å². The number of anilines is 1. The molecule has 4 bridgehead atoms. The maximum absolute atomic E-state index is 14.1. The number of likely N-dealkylation sites (N-methyl/N-ethyl adjacent to an activating group) is 1. The summed E-state index contributed by atoms with van der Waals surface area (Å²) in [5, 5.41) is 14.5. The molecule has 0 spiro atoms. The summed E-state index contributed by atoms with van der Waals surface area (Å²) in [6.45, 7) is 8.88. The molecule has 52 heavy (non-hydrogen) atoms. The number of benzene rings is 1. The zero-order valence-corrected chi connectivity index (χ0v) is 33.0. The van der Waals surface area contributed by atoms with Gasteiger partial charge >= 0.3 is 12.1 Å². The quantitative estimate of drug-likeness (QED) is 0.194. The third kappa shape index (κ3) is 9.25. The second kappa shape index (κ2) is 16.8. The lowest BCUT2D eigenvalue weighted by Crippen LogP contribution is -2.63. The lowest BCUT2D eigenvalue weighted by Gasteiger charge is -2.42. The second-order valence-electron chi connectivity index (χ2n) is 14.3. The molecule has 3 aliphatic heterocycles. The van der Waals surface area contributed by atoms with Crippen molar-refractivity contribution in [2.75, 3.05) is 33.2 Å². The van der Waals surface area contributed by atoms with Gasteiger partial charge in [-0.25, -0.2) is 9.59 Å². The lowest BCUT2D eigenvalue weighted by molar-refractivity contribution is -0.162. The number of halogens is 1. The van der Waals surface area contributed by atoms with Crippen LogP contribution in [-0.2, 0) is 39.8 Å². The molecule has 0 radical (unpaired) electrons. The SMILES string of the molecule is COc1cc2cc(c1Cl)N(C)C(=O)C[C@H](OC(=O)[C@H](C)N(C)C(=O)CCC(C)S)[C@]1(C)O[C@H]1[C@H](C)[C@@H]1C[C@@](O)(NC(=O)O1)[C@H](OC)/C=C/C=C(\C)C2. The highest BCUT2D eigenvalue weighted by molar-refractivity contribution is 7.80. The fraction of sp³-hybridized carbons (Fsp3) is 0.622. The van der Waals surface area contributed by atoms with E-state index >= 15 is 0 Å². The van der Waals surface area contributed by atoms with Crippen molar-refractivity contribution in [3.05, 3.63) is 46.5 Å². The van der Waals surface area contributed by atoms with Crippen LogP contribution in [0.4, 0.5) is 10.5 Å². The Morgan fingerprint density at radius 3 is 2.58 bits per heavy atom. The molecule has 15 heteroatoms. The molecule has 9 atom stereocenters. The monoisotopic (exact) mass is 765 g/mol. The Morgan fingerprint density at radius 1 is 1.25 bits per heavy atom. The molecule has 288 valence electrons. The van der Waals surface area contributed by atoms with Crippen LogP contribution >= 0.6 is 24.2 Å². The number of allylic oxidation sites excluding steroid dienone is 3. The van der Waals surface area contributed by atoms with Crippen molar-refractivity contribution in [1.82, 2.24) is 10.2 Å². The zero-order valence-electron chi connectivity index (χ0n) is 31.3. The lowest BCUT2D eigenvalue weighted by atomic mass is 9.83. The van der Waals surface area contributed by atoms with Crippen molar-refractivity contribution in [3.8, 4) is 5.75 Å². The minimum atomic E-state index is -1.82. The third-order valence-corrected chi connectivity index (χ3v) is 10.9. The smallest absolute Gasteiger partial charge is 0.409 e. The van der Waals surface area contributed by atoms with Crippen LogP contribution in [0.15, 0.2) is 35.9 Å². The van der Waals surface area contributed by atoms with Crippen LogP contribution in [0.5, 0.6) is 5.75 Å². The van der Waals surface area contributed by atoms with Crippen molar-refractivity contribution < 1.29 is 48.0 Å². The van der Waals surface area contributed by atoms with Crippen molar-refractivity contribution in [3.63, 3.8) is 0 Å². The summed E-state index contributed by atoms with van der Waals surface area (Å²) in [7, 11) is 6.02. The first kappa shape index (κ1) is 41.5. The summed E-state index contributed by atoms with van der Waals surface area (Å²) in [5.74, 6) is -1.56. The highest BCUT2D eigenvalue weighted by Gasteiger charge is 2.64. The molecule has 3 heterocycles. The molecule has 2 fully saturated rings. The number of amides is 3. The number of esters is 1. The fourth-order valence-electron chi connectivity index (χ4n) is 6.73. The van der Waals surface area contributed by atoms with Gasteiger partial charge in [-0.05, 0) is 56.6 Å². The Bertz CT molecular complexity index is 1590. The van der Waals surface area contributed by atoms with Gasteiger partial charge in [-0.15, -0.1) is 0 Å². The third-order valence-electron chi connectivity index (χ3n) is 10.3. The number of carbonyl (C=O) groups is 4. The second-order valence-corrected chi connectivity index (χ2v) is 15.6. The molecule has 1 aromatic rings. The van der Waals surface area contributed by atoms with E-state index in [2.05, 4.69) is 17.9 Å². The molecule has 1 aromatic carbocycles. The van der Waals surface area contributed by atoms with Crippen LogP contribution in [0, 0.1) is 5.92 Å². The number of methoxy groups -OCH3 is 2. The molecular weight excluding hydrogens is 714 g/mol. The first-order chi connectivity index (χ1) is 24.3. The number of ether oxygens (including phenoxy) is 5. The van der Waals surface area contributed by atoms with E-state index in [0.717, 1.165) is 11.1 Å². The number of rotatable bonds is 8. The fourth-order valence-corrected chi connectivity index (χ4v) is 7.17. The van der Waals surface area contributed by atoms with Crippen LogP contribution in [0.3, 0.4) is 0 Å². The van der Waals surface area contributed by atoms with E-state index < -0.39 is 65.7 Å². The Kier molecular flexibility index (Phi) is 13.4. The standard InChI is InChI=1S/C37H52ClN3O10S/c1-20-11-10-12-28(48-9)37(46)19-27(49-35(45)39-37)22(3)33-36(5,51-33)29(50-34(44)23(4)40(6)30(42)14-13-21(2)52)18-31(43)41(7)25-16-24(15-20)17-26(47-8)32(25)38/h10-12,16-17,21-23,27-29,33,46,52H,13-15,18-19H2,1-9H3,(H,39,45)/b12-10+,20-11+/t21?,22-,23+,27+,28-,29+,33+,36+,37+/m1/s1. The number of carbonyl (C=O) groups excluding carboxylic acids is 4. The Labute approximate surface area is 316 Å². The maximum Gasteiger partial charge on any atom is 0.409 e. The van der Waals surface area contributed by atoms with E-state index in [1.54, 1.807) is 52.1 Å². The van der Waals surface area contributed by atoms with Gasteiger partial charge in [-0.1, -0.05) is 49.2 Å². The topological polar surface area (TPSA) is 156 Å². The van der Waals surface area contributed by atoms with Gasteiger partial charge in [0.15, 0.2) is 5.72 Å². The number of hydrogen-bond acceptors (Lipinski definition) is 11. The average molecular weight is 766 g/mol. The van der Waals surface area contributed by atoms with Gasteiger partial charge in [0.05, 0.1) is 25.3 Å². The summed E-state index contributed by atoms with van der Waals surface area (Å²) in [5.41, 5.74) is -0.906. The molecule has 1 unspecified atom stereocenters. The number of fused-ring (bicyclic) bond motifs is 5. The first-order valence-corrected chi connectivity index (χ1v) is 18.3. The molecule has 0 saturated carbocycles. The van der Waals surface area contributed by atoms with Crippen LogP contribution < -0.4 is 15.0 Å². The zero-order chi connectivity index (χ0) is 38.7. The van der Waals surface area contributed by atoms with Crippen molar-refractivity contribution >= 4 is 53.8 Å². The summed E-state index contributed by atoms with van der Waals surface area (Å²) < 4.78 is 29.2. The van der Waals surface area contributed by atoms with Gasteiger partial charge in [-0.3, -0.25) is 14.9 Å². The highest BCUT2D eigenvalue weighted by Crippen LogP contribution is 2.49. The predicted molar refractivity (Wildman–Crippen MR) is 199 cm³/mol. The molecule has 13 nitrogen and oxygen atoms in total. The Morgan fingerprint density at radius 2 is 1.94 bits per heavy atom. The van der Waals surface area contributed by atoms with E-state index in [1.165, 1.54) is 31.1 Å².